The molecule has 5 nitrogen and oxygen atoms in total. The Kier molecular flexibility index (Phi) is 6.78. The summed E-state index contributed by atoms with van der Waals surface area (Å²) in [6, 6.07) is 14.5. The van der Waals surface area contributed by atoms with Crippen LogP contribution in [0.15, 0.2) is 48.5 Å². The number of benzene rings is 2. The lowest BCUT2D eigenvalue weighted by molar-refractivity contribution is -0.122. The minimum absolute atomic E-state index is 0.206. The van der Waals surface area contributed by atoms with E-state index in [4.69, 9.17) is 4.74 Å². The molecule has 0 aliphatic rings. The fourth-order valence-electron chi connectivity index (χ4n) is 2.35. The molecule has 0 aromatic heterocycles. The Labute approximate surface area is 154 Å². The summed E-state index contributed by atoms with van der Waals surface area (Å²) in [4.78, 5) is 24.9. The summed E-state index contributed by atoms with van der Waals surface area (Å²) in [5.41, 5.74) is 1.86. The molecule has 0 radical (unpaired) electrons. The van der Waals surface area contributed by atoms with Crippen molar-refractivity contribution in [2.24, 2.45) is 5.92 Å². The third-order valence-corrected chi connectivity index (χ3v) is 3.87. The van der Waals surface area contributed by atoms with Crippen molar-refractivity contribution in [2.75, 3.05) is 11.9 Å². The number of hydrogen-bond acceptors (Lipinski definition) is 3. The summed E-state index contributed by atoms with van der Waals surface area (Å²) in [5.74, 6) is 0.501. The third-order valence-electron chi connectivity index (χ3n) is 3.87. The van der Waals surface area contributed by atoms with Gasteiger partial charge in [0.2, 0.25) is 0 Å². The topological polar surface area (TPSA) is 67.4 Å². The Morgan fingerprint density at radius 3 is 2.35 bits per heavy atom. The van der Waals surface area contributed by atoms with Gasteiger partial charge >= 0.3 is 0 Å². The number of ether oxygens (including phenoxy) is 1. The quantitative estimate of drug-likeness (QED) is 0.795. The lowest BCUT2D eigenvalue weighted by Crippen LogP contribution is -2.32. The van der Waals surface area contributed by atoms with Gasteiger partial charge in [-0.05, 0) is 43.5 Å². The molecule has 138 valence electrons. The monoisotopic (exact) mass is 354 g/mol. The van der Waals surface area contributed by atoms with Gasteiger partial charge in [0.05, 0.1) is 11.3 Å². The number of amides is 2. The zero-order chi connectivity index (χ0) is 19.1. The number of rotatable bonds is 7. The molecule has 0 saturated carbocycles. The van der Waals surface area contributed by atoms with E-state index in [1.54, 1.807) is 31.2 Å². The van der Waals surface area contributed by atoms with Crippen LogP contribution in [-0.4, -0.2) is 24.5 Å². The van der Waals surface area contributed by atoms with Gasteiger partial charge < -0.3 is 15.4 Å². The molecule has 0 aliphatic carbocycles. The van der Waals surface area contributed by atoms with Crippen molar-refractivity contribution in [3.63, 3.8) is 0 Å². The number of carbonyl (C=O) groups is 2. The van der Waals surface area contributed by atoms with Crippen molar-refractivity contribution < 1.29 is 14.3 Å². The first-order valence-electron chi connectivity index (χ1n) is 8.79. The number of nitrogens with one attached hydrogen (secondary N) is 2. The van der Waals surface area contributed by atoms with Gasteiger partial charge in [0.15, 0.2) is 6.10 Å². The van der Waals surface area contributed by atoms with Crippen molar-refractivity contribution in [1.82, 2.24) is 5.32 Å². The highest BCUT2D eigenvalue weighted by atomic mass is 16.5. The average molecular weight is 354 g/mol. The van der Waals surface area contributed by atoms with E-state index in [1.165, 1.54) is 0 Å². The minimum atomic E-state index is -0.692. The van der Waals surface area contributed by atoms with E-state index >= 15 is 0 Å². The highest BCUT2D eigenvalue weighted by Gasteiger charge is 2.19. The number of aryl methyl sites for hydroxylation is 1. The summed E-state index contributed by atoms with van der Waals surface area (Å²) in [7, 11) is 0. The van der Waals surface area contributed by atoms with Gasteiger partial charge in [-0.25, -0.2) is 0 Å². The average Bonchev–Trinajstić information content (AvgIpc) is 2.62. The maximum Gasteiger partial charge on any atom is 0.265 e. The molecule has 5 heteroatoms. The van der Waals surface area contributed by atoms with Crippen molar-refractivity contribution >= 4 is 17.5 Å². The zero-order valence-corrected chi connectivity index (χ0v) is 15.7. The molecule has 0 unspecified atom stereocenters. The second kappa shape index (κ2) is 9.04. The Bertz CT molecular complexity index is 771. The van der Waals surface area contributed by atoms with E-state index in [-0.39, 0.29) is 11.8 Å². The lowest BCUT2D eigenvalue weighted by atomic mass is 10.1. The molecule has 0 saturated heterocycles. The number of hydrogen-bond donors (Lipinski definition) is 2. The predicted octanol–water partition coefficient (Wildman–Crippen LogP) is 3.79. The summed E-state index contributed by atoms with van der Waals surface area (Å²) < 4.78 is 5.75. The molecule has 0 fully saturated rings. The van der Waals surface area contributed by atoms with E-state index in [1.807, 2.05) is 45.0 Å². The number of anilines is 1. The number of carbonyl (C=O) groups excluding carboxylic acids is 2. The molecule has 2 aromatic rings. The summed E-state index contributed by atoms with van der Waals surface area (Å²) in [5, 5.41) is 5.66. The second-order valence-electron chi connectivity index (χ2n) is 6.66. The summed E-state index contributed by atoms with van der Waals surface area (Å²) >= 11 is 0. The SMILES string of the molecule is Cc1ccccc1O[C@@H](C)C(=O)Nc1ccccc1C(=O)NCC(C)C. The van der Waals surface area contributed by atoms with E-state index in [0.717, 1.165) is 5.56 Å². The molecule has 0 heterocycles. The van der Waals surface area contributed by atoms with Gasteiger partial charge in [-0.15, -0.1) is 0 Å². The Hall–Kier alpha value is -2.82. The van der Waals surface area contributed by atoms with E-state index in [2.05, 4.69) is 10.6 Å². The van der Waals surface area contributed by atoms with Gasteiger partial charge in [-0.2, -0.15) is 0 Å². The van der Waals surface area contributed by atoms with Crippen molar-refractivity contribution in [2.45, 2.75) is 33.8 Å². The first-order valence-corrected chi connectivity index (χ1v) is 8.79. The van der Waals surface area contributed by atoms with E-state index in [0.29, 0.717) is 29.5 Å². The smallest absolute Gasteiger partial charge is 0.265 e. The van der Waals surface area contributed by atoms with Gasteiger partial charge in [-0.1, -0.05) is 44.2 Å². The van der Waals surface area contributed by atoms with Gasteiger partial charge in [0, 0.05) is 6.54 Å². The normalized spacial score (nSPS) is 11.7. The number of para-hydroxylation sites is 2. The Morgan fingerprint density at radius 2 is 1.65 bits per heavy atom. The van der Waals surface area contributed by atoms with Gasteiger partial charge in [0.1, 0.15) is 5.75 Å². The molecule has 0 bridgehead atoms. The Morgan fingerprint density at radius 1 is 1.00 bits per heavy atom. The van der Waals surface area contributed by atoms with Gasteiger partial charge in [-0.3, -0.25) is 9.59 Å². The molecular weight excluding hydrogens is 328 g/mol. The molecule has 2 rings (SSSR count). The maximum atomic E-state index is 12.5. The minimum Gasteiger partial charge on any atom is -0.481 e. The standard InChI is InChI=1S/C21H26N2O3/c1-14(2)13-22-21(25)17-10-6-7-11-18(17)23-20(24)16(4)26-19-12-8-5-9-15(19)3/h5-12,14,16H,13H2,1-4H3,(H,22,25)(H,23,24)/t16-/m0/s1. The molecule has 1 atom stereocenters. The highest BCUT2D eigenvalue weighted by molar-refractivity contribution is 6.04. The Balaban J connectivity index is 2.06. The van der Waals surface area contributed by atoms with Crippen LogP contribution in [-0.2, 0) is 4.79 Å². The van der Waals surface area contributed by atoms with Crippen LogP contribution in [0.3, 0.4) is 0 Å². The molecule has 26 heavy (non-hydrogen) atoms. The molecule has 0 spiro atoms. The van der Waals surface area contributed by atoms with Crippen molar-refractivity contribution in [3.8, 4) is 5.75 Å². The van der Waals surface area contributed by atoms with E-state index < -0.39 is 6.10 Å². The second-order valence-corrected chi connectivity index (χ2v) is 6.66. The van der Waals surface area contributed by atoms with Crippen LogP contribution >= 0.6 is 0 Å². The summed E-state index contributed by atoms with van der Waals surface area (Å²) in [6.07, 6.45) is -0.692. The van der Waals surface area contributed by atoms with E-state index in [9.17, 15) is 9.59 Å². The fourth-order valence-corrected chi connectivity index (χ4v) is 2.35. The van der Waals surface area contributed by atoms with Crippen molar-refractivity contribution in [3.05, 3.63) is 59.7 Å². The van der Waals surface area contributed by atoms with Crippen LogP contribution in [0, 0.1) is 12.8 Å². The van der Waals surface area contributed by atoms with Crippen LogP contribution in [0.25, 0.3) is 0 Å². The predicted molar refractivity (Wildman–Crippen MR) is 104 cm³/mol. The third kappa shape index (κ3) is 5.34. The van der Waals surface area contributed by atoms with Crippen molar-refractivity contribution in [1.29, 1.82) is 0 Å². The first-order chi connectivity index (χ1) is 12.4. The zero-order valence-electron chi connectivity index (χ0n) is 15.7. The molecule has 2 amide bonds. The highest BCUT2D eigenvalue weighted by Crippen LogP contribution is 2.19. The summed E-state index contributed by atoms with van der Waals surface area (Å²) in [6.45, 7) is 8.24. The molecular formula is C21H26N2O3. The van der Waals surface area contributed by atoms with Crippen LogP contribution in [0.5, 0.6) is 5.75 Å². The fraction of sp³-hybridized carbons (Fsp3) is 0.333. The van der Waals surface area contributed by atoms with Crippen LogP contribution in [0.2, 0.25) is 0 Å². The largest absolute Gasteiger partial charge is 0.481 e. The molecule has 2 N–H and O–H groups in total. The van der Waals surface area contributed by atoms with Gasteiger partial charge in [0.25, 0.3) is 11.8 Å². The first kappa shape index (κ1) is 19.5. The van der Waals surface area contributed by atoms with Crippen LogP contribution < -0.4 is 15.4 Å². The van der Waals surface area contributed by atoms with Crippen LogP contribution in [0.1, 0.15) is 36.7 Å². The maximum absolute atomic E-state index is 12.5. The molecule has 0 aliphatic heterocycles. The molecule has 2 aromatic carbocycles. The lowest BCUT2D eigenvalue weighted by Gasteiger charge is -2.17. The van der Waals surface area contributed by atoms with Crippen LogP contribution in [0.4, 0.5) is 5.69 Å².